The summed E-state index contributed by atoms with van der Waals surface area (Å²) in [5, 5.41) is 10.6. The van der Waals surface area contributed by atoms with E-state index in [9.17, 15) is 43.2 Å². The van der Waals surface area contributed by atoms with E-state index in [2.05, 4.69) is 55.4 Å². The molecule has 0 saturated heterocycles. The maximum absolute atomic E-state index is 13.0. The van der Waals surface area contributed by atoms with Crippen LogP contribution in [0, 0.1) is 23.7 Å². The molecule has 87 heavy (non-hydrogen) atoms. The molecule has 0 aromatic carbocycles. The molecule has 0 aromatic rings. The van der Waals surface area contributed by atoms with Crippen LogP contribution < -0.4 is 0 Å². The Balaban J connectivity index is 5.22. The van der Waals surface area contributed by atoms with Crippen molar-refractivity contribution in [2.24, 2.45) is 23.7 Å². The van der Waals surface area contributed by atoms with Crippen molar-refractivity contribution < 1.29 is 80.2 Å². The van der Waals surface area contributed by atoms with E-state index in [1.54, 1.807) is 0 Å². The number of rotatable bonds is 65. The highest BCUT2D eigenvalue weighted by Crippen LogP contribution is 2.45. The summed E-state index contributed by atoms with van der Waals surface area (Å²) in [6, 6.07) is 0. The van der Waals surface area contributed by atoms with E-state index in [-0.39, 0.29) is 25.7 Å². The Labute approximate surface area is 530 Å². The van der Waals surface area contributed by atoms with Crippen molar-refractivity contribution in [3.05, 3.63) is 0 Å². The average molecular weight is 1280 g/mol. The zero-order valence-corrected chi connectivity index (χ0v) is 58.4. The SMILES string of the molecule is CCC(C)CCCCCCCCC(=O)OC[C@H](COP(=O)(O)OC[C@@H](O)COP(=O)(O)OC[C@@H](COC(=O)CCCCCCCCC(C)C)OC(=O)CCCCCCCCCCCCCCCCC(C)C)OC(=O)CCCCCCCCCCC(C)C. The van der Waals surface area contributed by atoms with Crippen LogP contribution in [0.15, 0.2) is 0 Å². The van der Waals surface area contributed by atoms with Crippen molar-refractivity contribution in [1.82, 2.24) is 0 Å². The third-order valence-corrected chi connectivity index (χ3v) is 17.8. The lowest BCUT2D eigenvalue weighted by Crippen LogP contribution is -2.30. The van der Waals surface area contributed by atoms with Crippen LogP contribution in [-0.4, -0.2) is 96.7 Å². The summed E-state index contributed by atoms with van der Waals surface area (Å²) in [6.45, 7) is 14.0. The maximum Gasteiger partial charge on any atom is 0.472 e. The van der Waals surface area contributed by atoms with Crippen LogP contribution in [0.2, 0.25) is 0 Å². The fourth-order valence-electron chi connectivity index (χ4n) is 10.1. The Bertz CT molecular complexity index is 1730. The molecule has 3 unspecified atom stereocenters. The number of aliphatic hydroxyl groups excluding tert-OH is 1. The van der Waals surface area contributed by atoms with Crippen molar-refractivity contribution in [1.29, 1.82) is 0 Å². The number of ether oxygens (including phenoxy) is 4. The molecule has 0 spiro atoms. The second-order valence-electron chi connectivity index (χ2n) is 26.2. The molecular formula is C68H132O17P2. The third-order valence-electron chi connectivity index (χ3n) is 15.9. The Morgan fingerprint density at radius 2 is 0.552 bits per heavy atom. The summed E-state index contributed by atoms with van der Waals surface area (Å²) in [7, 11) is -9.90. The predicted molar refractivity (Wildman–Crippen MR) is 349 cm³/mol. The van der Waals surface area contributed by atoms with Crippen LogP contribution in [0.3, 0.4) is 0 Å². The topological polar surface area (TPSA) is 237 Å². The van der Waals surface area contributed by atoms with E-state index in [1.807, 2.05) is 0 Å². The van der Waals surface area contributed by atoms with Gasteiger partial charge in [0.2, 0.25) is 0 Å². The molecule has 0 amide bonds. The van der Waals surface area contributed by atoms with Crippen LogP contribution in [0.5, 0.6) is 0 Å². The number of esters is 4. The lowest BCUT2D eigenvalue weighted by atomic mass is 10.00. The molecular weight excluding hydrogens is 1150 g/mol. The van der Waals surface area contributed by atoms with Crippen LogP contribution in [-0.2, 0) is 65.4 Å². The van der Waals surface area contributed by atoms with E-state index in [0.29, 0.717) is 31.6 Å². The van der Waals surface area contributed by atoms with Gasteiger partial charge >= 0.3 is 39.5 Å². The molecule has 17 nitrogen and oxygen atoms in total. The fourth-order valence-corrected chi connectivity index (χ4v) is 11.7. The molecule has 0 aromatic heterocycles. The number of hydrogen-bond acceptors (Lipinski definition) is 15. The van der Waals surface area contributed by atoms with Crippen LogP contribution in [0.25, 0.3) is 0 Å². The van der Waals surface area contributed by atoms with Crippen molar-refractivity contribution in [2.75, 3.05) is 39.6 Å². The minimum Gasteiger partial charge on any atom is -0.462 e. The van der Waals surface area contributed by atoms with Gasteiger partial charge in [0, 0.05) is 25.7 Å². The third kappa shape index (κ3) is 61.3. The minimum absolute atomic E-state index is 0.103. The monoisotopic (exact) mass is 1280 g/mol. The van der Waals surface area contributed by atoms with Gasteiger partial charge in [0.15, 0.2) is 12.2 Å². The molecule has 0 fully saturated rings. The first kappa shape index (κ1) is 85.1. The molecule has 0 heterocycles. The summed E-state index contributed by atoms with van der Waals surface area (Å²) in [4.78, 5) is 72.4. The van der Waals surface area contributed by atoms with Crippen molar-refractivity contribution in [3.63, 3.8) is 0 Å². The summed E-state index contributed by atoms with van der Waals surface area (Å²) in [5.74, 6) is 0.787. The Morgan fingerprint density at radius 1 is 0.322 bits per heavy atom. The van der Waals surface area contributed by atoms with Gasteiger partial charge in [0.25, 0.3) is 0 Å². The molecule has 0 aliphatic rings. The van der Waals surface area contributed by atoms with Gasteiger partial charge in [-0.15, -0.1) is 0 Å². The molecule has 0 rings (SSSR count). The van der Waals surface area contributed by atoms with Gasteiger partial charge in [0.1, 0.15) is 19.3 Å². The fraction of sp³-hybridized carbons (Fsp3) is 0.941. The number of aliphatic hydroxyl groups is 1. The lowest BCUT2D eigenvalue weighted by Gasteiger charge is -2.21. The highest BCUT2D eigenvalue weighted by molar-refractivity contribution is 7.47. The number of carbonyl (C=O) groups is 4. The molecule has 0 bridgehead atoms. The Morgan fingerprint density at radius 3 is 0.816 bits per heavy atom. The molecule has 0 aliphatic carbocycles. The van der Waals surface area contributed by atoms with Crippen LogP contribution in [0.4, 0.5) is 0 Å². The van der Waals surface area contributed by atoms with E-state index < -0.39 is 97.5 Å². The molecule has 19 heteroatoms. The minimum atomic E-state index is -4.95. The molecule has 3 N–H and O–H groups in total. The van der Waals surface area contributed by atoms with Crippen LogP contribution >= 0.6 is 15.6 Å². The predicted octanol–water partition coefficient (Wildman–Crippen LogP) is 18.9. The van der Waals surface area contributed by atoms with Gasteiger partial charge in [-0.25, -0.2) is 9.13 Å². The Kier molecular flexibility index (Phi) is 56.6. The van der Waals surface area contributed by atoms with Crippen molar-refractivity contribution in [2.45, 2.75) is 350 Å². The number of carbonyl (C=O) groups excluding carboxylic acids is 4. The maximum atomic E-state index is 13.0. The van der Waals surface area contributed by atoms with Crippen molar-refractivity contribution >= 4 is 39.5 Å². The van der Waals surface area contributed by atoms with Gasteiger partial charge in [-0.05, 0) is 49.4 Å². The van der Waals surface area contributed by atoms with E-state index in [1.165, 1.54) is 122 Å². The number of phosphoric ester groups is 2. The molecule has 516 valence electrons. The standard InChI is InChI=1S/C68H132O17P2/c1-9-61(8)47-39-31-25-27-33-41-49-66(71)79-55-64(85-68(73)51-43-35-23-19-18-21-29-37-45-59(4)5)57-83-87(76,77)81-53-62(69)52-80-86(74,75)82-56-63(54-78-65(70)48-40-32-26-24-30-38-46-60(6)7)84-67(72)50-42-34-22-17-15-13-11-10-12-14-16-20-28-36-44-58(2)3/h58-64,69H,9-57H2,1-8H3,(H,74,75)(H,76,77)/t61?,62-,63+,64+/m0/s1. The van der Waals surface area contributed by atoms with Gasteiger partial charge in [-0.3, -0.25) is 37.3 Å². The zero-order chi connectivity index (χ0) is 64.7. The normalized spacial score (nSPS) is 14.6. The summed E-state index contributed by atoms with van der Waals surface area (Å²) in [5.41, 5.74) is 0. The van der Waals surface area contributed by atoms with E-state index in [0.717, 1.165) is 120 Å². The number of unbranched alkanes of at least 4 members (excludes halogenated alkanes) is 30. The number of phosphoric acid groups is 2. The molecule has 0 saturated carbocycles. The van der Waals surface area contributed by atoms with Crippen LogP contribution in [0.1, 0.15) is 331 Å². The quantitative estimate of drug-likeness (QED) is 0.0222. The first-order valence-electron chi connectivity index (χ1n) is 35.2. The lowest BCUT2D eigenvalue weighted by molar-refractivity contribution is -0.161. The molecule has 0 radical (unpaired) electrons. The summed E-state index contributed by atoms with van der Waals surface area (Å²) < 4.78 is 68.1. The highest BCUT2D eigenvalue weighted by Gasteiger charge is 2.30. The molecule has 6 atom stereocenters. The molecule has 0 aliphatic heterocycles. The first-order chi connectivity index (χ1) is 41.6. The van der Waals surface area contributed by atoms with Gasteiger partial charge in [-0.1, -0.05) is 280 Å². The van der Waals surface area contributed by atoms with E-state index in [4.69, 9.17) is 37.0 Å². The number of hydrogen-bond donors (Lipinski definition) is 3. The second-order valence-corrected chi connectivity index (χ2v) is 29.1. The Hall–Kier alpha value is -1.94. The second kappa shape index (κ2) is 57.9. The summed E-state index contributed by atoms with van der Waals surface area (Å²) in [6.07, 6.45) is 39.2. The van der Waals surface area contributed by atoms with E-state index >= 15 is 0 Å². The smallest absolute Gasteiger partial charge is 0.462 e. The first-order valence-corrected chi connectivity index (χ1v) is 38.2. The highest BCUT2D eigenvalue weighted by atomic mass is 31.2. The van der Waals surface area contributed by atoms with Crippen molar-refractivity contribution in [3.8, 4) is 0 Å². The average Bonchev–Trinajstić information content (AvgIpc) is 3.59. The van der Waals surface area contributed by atoms with Gasteiger partial charge in [0.05, 0.1) is 26.4 Å². The summed E-state index contributed by atoms with van der Waals surface area (Å²) >= 11 is 0. The van der Waals surface area contributed by atoms with Gasteiger partial charge in [-0.2, -0.15) is 0 Å². The van der Waals surface area contributed by atoms with Gasteiger partial charge < -0.3 is 33.8 Å². The zero-order valence-electron chi connectivity index (χ0n) is 56.6. The largest absolute Gasteiger partial charge is 0.472 e.